The lowest BCUT2D eigenvalue weighted by atomic mass is 9.74. The Morgan fingerprint density at radius 3 is 2.06 bits per heavy atom. The maximum Gasteiger partial charge on any atom is 0.266 e. The van der Waals surface area contributed by atoms with Crippen LogP contribution in [0.2, 0.25) is 0 Å². The highest BCUT2D eigenvalue weighted by molar-refractivity contribution is 5.06. The first kappa shape index (κ1) is 15.3. The summed E-state index contributed by atoms with van der Waals surface area (Å²) in [6.45, 7) is 12.4. The molecule has 0 amide bonds. The molecule has 0 spiro atoms. The molecule has 0 fully saturated rings. The third-order valence-electron chi connectivity index (χ3n) is 3.66. The van der Waals surface area contributed by atoms with Crippen LogP contribution >= 0.6 is 0 Å². The Balaban J connectivity index is 4.43. The molecule has 0 rings (SSSR count). The minimum atomic E-state index is -2.75. The van der Waals surface area contributed by atoms with Crippen LogP contribution in [-0.2, 0) is 0 Å². The Kier molecular flexibility index (Phi) is 5.91. The van der Waals surface area contributed by atoms with Crippen LogP contribution in [0.25, 0.3) is 0 Å². The predicted octanol–water partition coefficient (Wildman–Crippen LogP) is 5.36. The molecule has 0 heterocycles. The minimum Gasteiger partial charge on any atom is -0.202 e. The van der Waals surface area contributed by atoms with Gasteiger partial charge in [-0.1, -0.05) is 39.3 Å². The van der Waals surface area contributed by atoms with E-state index in [-0.39, 0.29) is 11.0 Å². The van der Waals surface area contributed by atoms with Gasteiger partial charge in [-0.25, -0.2) is 8.78 Å². The molecule has 0 aliphatic rings. The summed E-state index contributed by atoms with van der Waals surface area (Å²) in [5.74, 6) is -2.75. The summed E-state index contributed by atoms with van der Waals surface area (Å²) in [6.07, 6.45) is 5.95. The maximum atomic E-state index is 13.0. The van der Waals surface area contributed by atoms with Crippen molar-refractivity contribution in [3.63, 3.8) is 0 Å². The first-order valence-corrected chi connectivity index (χ1v) is 5.98. The van der Waals surface area contributed by atoms with Gasteiger partial charge in [0.25, 0.3) is 5.92 Å². The molecular formula is C14H24F2. The van der Waals surface area contributed by atoms with Gasteiger partial charge in [0.1, 0.15) is 0 Å². The monoisotopic (exact) mass is 230 g/mol. The van der Waals surface area contributed by atoms with Gasteiger partial charge in [0, 0.05) is 6.92 Å². The van der Waals surface area contributed by atoms with E-state index in [1.807, 2.05) is 6.08 Å². The van der Waals surface area contributed by atoms with E-state index in [4.69, 9.17) is 0 Å². The molecule has 0 aromatic heterocycles. The van der Waals surface area contributed by atoms with E-state index in [1.165, 1.54) is 0 Å². The Morgan fingerprint density at radius 1 is 1.25 bits per heavy atom. The molecule has 0 radical (unpaired) electrons. The minimum absolute atomic E-state index is 0.0443. The van der Waals surface area contributed by atoms with Crippen molar-refractivity contribution in [3.05, 3.63) is 24.8 Å². The predicted molar refractivity (Wildman–Crippen MR) is 66.8 cm³/mol. The molecule has 0 bridgehead atoms. The van der Waals surface area contributed by atoms with Crippen molar-refractivity contribution in [1.29, 1.82) is 0 Å². The van der Waals surface area contributed by atoms with Crippen molar-refractivity contribution in [2.45, 2.75) is 58.8 Å². The number of halogens is 2. The Morgan fingerprint density at radius 2 is 1.75 bits per heavy atom. The first-order chi connectivity index (χ1) is 7.31. The Labute approximate surface area is 98.4 Å². The Bertz CT molecular complexity index is 232. The van der Waals surface area contributed by atoms with Gasteiger partial charge >= 0.3 is 0 Å². The lowest BCUT2D eigenvalue weighted by molar-refractivity contribution is 0.0572. The highest BCUT2D eigenvalue weighted by Gasteiger charge is 2.29. The summed E-state index contributed by atoms with van der Waals surface area (Å²) < 4.78 is 25.9. The van der Waals surface area contributed by atoms with Crippen LogP contribution in [0.15, 0.2) is 24.8 Å². The topological polar surface area (TPSA) is 0 Å². The molecule has 2 heteroatoms. The van der Waals surface area contributed by atoms with Crippen molar-refractivity contribution in [1.82, 2.24) is 0 Å². The van der Waals surface area contributed by atoms with Crippen LogP contribution < -0.4 is 0 Å². The van der Waals surface area contributed by atoms with Crippen LogP contribution in [0.1, 0.15) is 52.9 Å². The molecule has 0 saturated heterocycles. The van der Waals surface area contributed by atoms with Gasteiger partial charge in [-0.15, -0.1) is 6.58 Å². The van der Waals surface area contributed by atoms with Gasteiger partial charge in [0.05, 0.1) is 0 Å². The van der Waals surface area contributed by atoms with Crippen molar-refractivity contribution in [2.75, 3.05) is 0 Å². The molecule has 0 aliphatic carbocycles. The normalized spacial score (nSPS) is 12.6. The van der Waals surface area contributed by atoms with Gasteiger partial charge < -0.3 is 0 Å². The average molecular weight is 230 g/mol. The third kappa shape index (κ3) is 4.46. The zero-order valence-electron chi connectivity index (χ0n) is 10.8. The van der Waals surface area contributed by atoms with Gasteiger partial charge in [-0.3, -0.25) is 0 Å². The Hall–Kier alpha value is -0.660. The summed E-state index contributed by atoms with van der Waals surface area (Å²) in [5.41, 5.74) is 0.165. The average Bonchev–Trinajstić information content (AvgIpc) is 2.22. The van der Waals surface area contributed by atoms with E-state index in [9.17, 15) is 8.78 Å². The molecule has 0 aromatic carbocycles. The lowest BCUT2D eigenvalue weighted by Gasteiger charge is -2.31. The van der Waals surface area contributed by atoms with Crippen molar-refractivity contribution < 1.29 is 8.78 Å². The smallest absolute Gasteiger partial charge is 0.202 e. The number of hydrogen-bond acceptors (Lipinski definition) is 0. The second kappa shape index (κ2) is 6.17. The van der Waals surface area contributed by atoms with Crippen molar-refractivity contribution in [3.8, 4) is 0 Å². The lowest BCUT2D eigenvalue weighted by Crippen LogP contribution is -2.21. The second-order valence-electron chi connectivity index (χ2n) is 4.69. The quantitative estimate of drug-likeness (QED) is 0.492. The molecule has 0 aliphatic heterocycles. The second-order valence-corrected chi connectivity index (χ2v) is 4.69. The summed E-state index contributed by atoms with van der Waals surface area (Å²) in [5, 5.41) is 0. The maximum absolute atomic E-state index is 13.0. The van der Waals surface area contributed by atoms with Crippen LogP contribution in [0.4, 0.5) is 8.78 Å². The fourth-order valence-electron chi connectivity index (χ4n) is 1.94. The van der Waals surface area contributed by atoms with Crippen LogP contribution in [0, 0.1) is 5.41 Å². The van der Waals surface area contributed by atoms with E-state index < -0.39 is 5.92 Å². The molecule has 0 aromatic rings. The summed E-state index contributed by atoms with van der Waals surface area (Å²) in [6, 6.07) is 0. The molecule has 94 valence electrons. The molecule has 16 heavy (non-hydrogen) atoms. The van der Waals surface area contributed by atoms with E-state index in [0.29, 0.717) is 6.42 Å². The van der Waals surface area contributed by atoms with Gasteiger partial charge in [0.15, 0.2) is 0 Å². The van der Waals surface area contributed by atoms with Crippen molar-refractivity contribution >= 4 is 0 Å². The van der Waals surface area contributed by atoms with Gasteiger partial charge in [0.2, 0.25) is 0 Å². The molecule has 0 unspecified atom stereocenters. The molecule has 0 saturated carbocycles. The van der Waals surface area contributed by atoms with Gasteiger partial charge in [-0.2, -0.15) is 0 Å². The third-order valence-corrected chi connectivity index (χ3v) is 3.66. The van der Waals surface area contributed by atoms with E-state index in [2.05, 4.69) is 27.0 Å². The zero-order valence-corrected chi connectivity index (χ0v) is 10.8. The van der Waals surface area contributed by atoms with Crippen LogP contribution in [0.5, 0.6) is 0 Å². The summed E-state index contributed by atoms with van der Waals surface area (Å²) >= 11 is 0. The number of rotatable bonds is 8. The fraction of sp³-hybridized carbons (Fsp3) is 0.714. The van der Waals surface area contributed by atoms with Crippen molar-refractivity contribution in [2.24, 2.45) is 5.41 Å². The van der Waals surface area contributed by atoms with E-state index in [1.54, 1.807) is 0 Å². The standard InChI is InChI=1S/C14H24F2/c1-6-10-14(7-2,8-3)11-9-12(4)13(5,15)16/h6H,1,4,7-11H2,2-3,5H3. The first-order valence-electron chi connectivity index (χ1n) is 5.98. The van der Waals surface area contributed by atoms with Crippen LogP contribution in [-0.4, -0.2) is 5.92 Å². The number of allylic oxidation sites excluding steroid dienone is 2. The highest BCUT2D eigenvalue weighted by atomic mass is 19.3. The molecule has 0 atom stereocenters. The number of alkyl halides is 2. The highest BCUT2D eigenvalue weighted by Crippen LogP contribution is 2.39. The van der Waals surface area contributed by atoms with Gasteiger partial charge in [-0.05, 0) is 30.3 Å². The molecule has 0 N–H and O–H groups in total. The molecular weight excluding hydrogens is 206 g/mol. The molecule has 0 nitrogen and oxygen atoms in total. The van der Waals surface area contributed by atoms with E-state index in [0.717, 1.165) is 32.6 Å². The van der Waals surface area contributed by atoms with Crippen LogP contribution in [0.3, 0.4) is 0 Å². The summed E-state index contributed by atoms with van der Waals surface area (Å²) in [4.78, 5) is 0. The number of hydrogen-bond donors (Lipinski definition) is 0. The zero-order chi connectivity index (χ0) is 12.8. The fourth-order valence-corrected chi connectivity index (χ4v) is 1.94. The van der Waals surface area contributed by atoms with E-state index >= 15 is 0 Å². The summed E-state index contributed by atoms with van der Waals surface area (Å²) in [7, 11) is 0. The largest absolute Gasteiger partial charge is 0.266 e. The SMILES string of the molecule is C=CCC(CC)(CC)CCC(=C)C(C)(F)F.